The number of ketones is 1. The van der Waals surface area contributed by atoms with Crippen LogP contribution in [0.2, 0.25) is 5.02 Å². The normalized spacial score (nSPS) is 17.7. The van der Waals surface area contributed by atoms with Gasteiger partial charge in [0.05, 0.1) is 0 Å². The molecule has 4 aromatic rings. The highest BCUT2D eigenvalue weighted by Gasteiger charge is 2.36. The van der Waals surface area contributed by atoms with Crippen molar-refractivity contribution in [1.29, 1.82) is 0 Å². The van der Waals surface area contributed by atoms with Crippen LogP contribution in [0.4, 0.5) is 10.5 Å². The lowest BCUT2D eigenvalue weighted by atomic mass is 9.89. The van der Waals surface area contributed by atoms with Crippen LogP contribution in [0.15, 0.2) is 79.0 Å². The van der Waals surface area contributed by atoms with Gasteiger partial charge in [0.25, 0.3) is 0 Å². The molecule has 234 valence electrons. The van der Waals surface area contributed by atoms with Crippen LogP contribution in [-0.4, -0.2) is 78.8 Å². The van der Waals surface area contributed by atoms with E-state index in [0.717, 1.165) is 40.7 Å². The van der Waals surface area contributed by atoms with Crippen LogP contribution >= 0.6 is 11.6 Å². The third-order valence-electron chi connectivity index (χ3n) is 9.08. The third-order valence-corrected chi connectivity index (χ3v) is 9.31. The SMILES string of the molecule is CN(C)C[C@@H]1Cc2cc(Cl)ccc2N(C(=O)[C@@H](Cc2c[nH]c3ccccc23)NC(=O)N2CCC(C(=O)c3ccccc3)CC2)C1. The van der Waals surface area contributed by atoms with E-state index in [1.807, 2.05) is 98.0 Å². The molecule has 45 heavy (non-hydrogen) atoms. The van der Waals surface area contributed by atoms with Crippen LogP contribution < -0.4 is 10.2 Å². The largest absolute Gasteiger partial charge is 0.361 e. The van der Waals surface area contributed by atoms with Crippen molar-refractivity contribution in [2.45, 2.75) is 31.7 Å². The third kappa shape index (κ3) is 6.92. The predicted octanol–water partition coefficient (Wildman–Crippen LogP) is 5.80. The molecule has 3 amide bonds. The van der Waals surface area contributed by atoms with E-state index in [2.05, 4.69) is 15.2 Å². The maximum Gasteiger partial charge on any atom is 0.318 e. The Morgan fingerprint density at radius 3 is 2.49 bits per heavy atom. The quantitative estimate of drug-likeness (QED) is 0.242. The maximum absolute atomic E-state index is 14.5. The molecule has 2 aliphatic rings. The molecule has 9 heteroatoms. The molecular formula is C36H40ClN5O3. The summed E-state index contributed by atoms with van der Waals surface area (Å²) in [7, 11) is 4.08. The number of rotatable bonds is 8. The average molecular weight is 626 g/mol. The first-order valence-corrected chi connectivity index (χ1v) is 16.1. The molecule has 0 radical (unpaired) electrons. The molecular weight excluding hydrogens is 586 g/mol. The number of Topliss-reactive ketones (excluding diaryl/α,β-unsaturated/α-hetero) is 1. The average Bonchev–Trinajstić information content (AvgIpc) is 3.46. The van der Waals surface area contributed by atoms with Crippen molar-refractivity contribution in [3.63, 3.8) is 0 Å². The number of fused-ring (bicyclic) bond motifs is 2. The summed E-state index contributed by atoms with van der Waals surface area (Å²) in [4.78, 5) is 50.4. The Morgan fingerprint density at radius 2 is 1.73 bits per heavy atom. The van der Waals surface area contributed by atoms with E-state index in [0.29, 0.717) is 49.5 Å². The molecule has 8 nitrogen and oxygen atoms in total. The van der Waals surface area contributed by atoms with Crippen molar-refractivity contribution in [2.24, 2.45) is 11.8 Å². The highest BCUT2D eigenvalue weighted by Crippen LogP contribution is 2.33. The van der Waals surface area contributed by atoms with Crippen molar-refractivity contribution >= 4 is 45.9 Å². The van der Waals surface area contributed by atoms with Crippen LogP contribution in [0.25, 0.3) is 10.9 Å². The molecule has 1 aromatic heterocycles. The first-order chi connectivity index (χ1) is 21.8. The lowest BCUT2D eigenvalue weighted by Gasteiger charge is -2.38. The van der Waals surface area contributed by atoms with E-state index in [-0.39, 0.29) is 29.6 Å². The van der Waals surface area contributed by atoms with E-state index < -0.39 is 6.04 Å². The number of aromatic amines is 1. The number of halogens is 1. The molecule has 2 aliphatic heterocycles. The zero-order valence-electron chi connectivity index (χ0n) is 25.8. The van der Waals surface area contributed by atoms with Gasteiger partial charge in [-0.1, -0.05) is 60.1 Å². The minimum absolute atomic E-state index is 0.120. The van der Waals surface area contributed by atoms with Gasteiger partial charge in [-0.15, -0.1) is 0 Å². The van der Waals surface area contributed by atoms with Crippen molar-refractivity contribution in [2.75, 3.05) is 45.2 Å². The molecule has 3 aromatic carbocycles. The topological polar surface area (TPSA) is 88.8 Å². The number of benzene rings is 3. The van der Waals surface area contributed by atoms with Gasteiger partial charge in [0.15, 0.2) is 5.78 Å². The zero-order valence-corrected chi connectivity index (χ0v) is 26.6. The van der Waals surface area contributed by atoms with Crippen molar-refractivity contribution in [3.05, 3.63) is 101 Å². The van der Waals surface area contributed by atoms with Gasteiger partial charge in [0.1, 0.15) is 6.04 Å². The summed E-state index contributed by atoms with van der Waals surface area (Å²) < 4.78 is 0. The van der Waals surface area contributed by atoms with E-state index >= 15 is 0 Å². The standard InChI is InChI=1S/C36H40ClN5O3/c1-40(2)22-24-18-27-19-29(37)12-13-33(27)42(23-24)35(44)32(20-28-21-38-31-11-7-6-10-30(28)31)39-36(45)41-16-14-26(15-17-41)34(43)25-8-4-3-5-9-25/h3-13,19,21,24,26,32,38H,14-18,20,22-23H2,1-2H3,(H,39,45)/t24-,32+/m0/s1. The number of H-pyrrole nitrogens is 1. The molecule has 0 spiro atoms. The number of amides is 3. The van der Waals surface area contributed by atoms with Crippen molar-refractivity contribution < 1.29 is 14.4 Å². The van der Waals surface area contributed by atoms with Gasteiger partial charge in [-0.05, 0) is 74.7 Å². The fraction of sp³-hybridized carbons (Fsp3) is 0.361. The number of carbonyl (C=O) groups excluding carboxylic acids is 3. The minimum Gasteiger partial charge on any atom is -0.361 e. The van der Waals surface area contributed by atoms with E-state index in [1.165, 1.54) is 0 Å². The Morgan fingerprint density at radius 1 is 1.00 bits per heavy atom. The second-order valence-corrected chi connectivity index (χ2v) is 13.0. The lowest BCUT2D eigenvalue weighted by molar-refractivity contribution is -0.120. The number of piperidine rings is 1. The van der Waals surface area contributed by atoms with Crippen LogP contribution in [0, 0.1) is 11.8 Å². The Kier molecular flexibility index (Phi) is 9.24. The Hall–Kier alpha value is -4.14. The fourth-order valence-corrected chi connectivity index (χ4v) is 7.09. The molecule has 2 N–H and O–H groups in total. The summed E-state index contributed by atoms with van der Waals surface area (Å²) in [5, 5.41) is 4.79. The number of hydrogen-bond donors (Lipinski definition) is 2. The van der Waals surface area contributed by atoms with Gasteiger partial charge in [-0.3, -0.25) is 9.59 Å². The first-order valence-electron chi connectivity index (χ1n) is 15.7. The van der Waals surface area contributed by atoms with Gasteiger partial charge >= 0.3 is 6.03 Å². The molecule has 0 saturated carbocycles. The second-order valence-electron chi connectivity index (χ2n) is 12.6. The van der Waals surface area contributed by atoms with E-state index in [1.54, 1.807) is 4.90 Å². The molecule has 0 aliphatic carbocycles. The first kappa shape index (κ1) is 30.9. The number of anilines is 1. The Labute approximate surface area is 269 Å². The number of hydrogen-bond acceptors (Lipinski definition) is 4. The summed E-state index contributed by atoms with van der Waals surface area (Å²) in [6.45, 7) is 2.29. The van der Waals surface area contributed by atoms with Gasteiger partial charge in [0, 0.05) is 71.9 Å². The van der Waals surface area contributed by atoms with Gasteiger partial charge in [-0.2, -0.15) is 0 Å². The van der Waals surface area contributed by atoms with E-state index in [4.69, 9.17) is 11.6 Å². The number of likely N-dealkylation sites (tertiary alicyclic amines) is 1. The second kappa shape index (κ2) is 13.5. The van der Waals surface area contributed by atoms with Crippen LogP contribution in [0.3, 0.4) is 0 Å². The molecule has 0 unspecified atom stereocenters. The Bertz CT molecular complexity index is 1680. The molecule has 6 rings (SSSR count). The number of nitrogens with zero attached hydrogens (tertiary/aromatic N) is 3. The van der Waals surface area contributed by atoms with E-state index in [9.17, 15) is 14.4 Å². The number of urea groups is 1. The Balaban J connectivity index is 1.23. The number of nitrogens with one attached hydrogen (secondary N) is 2. The maximum atomic E-state index is 14.5. The van der Waals surface area contributed by atoms with Gasteiger partial charge < -0.3 is 25.0 Å². The minimum atomic E-state index is -0.790. The summed E-state index contributed by atoms with van der Waals surface area (Å²) in [5.41, 5.74) is 4.54. The number of carbonyl (C=O) groups is 3. The van der Waals surface area contributed by atoms with Gasteiger partial charge in [-0.25, -0.2) is 4.79 Å². The molecule has 3 heterocycles. The highest BCUT2D eigenvalue weighted by molar-refractivity contribution is 6.30. The molecule has 2 atom stereocenters. The summed E-state index contributed by atoms with van der Waals surface area (Å²) >= 11 is 6.39. The number of para-hydroxylation sites is 1. The van der Waals surface area contributed by atoms with Gasteiger partial charge in [0.2, 0.25) is 5.91 Å². The summed E-state index contributed by atoms with van der Waals surface area (Å²) in [6.07, 6.45) is 4.28. The van der Waals surface area contributed by atoms with Crippen LogP contribution in [0.5, 0.6) is 0 Å². The summed E-state index contributed by atoms with van der Waals surface area (Å²) in [5.74, 6) is 0.0833. The summed E-state index contributed by atoms with van der Waals surface area (Å²) in [6, 6.07) is 21.9. The molecule has 1 fully saturated rings. The highest BCUT2D eigenvalue weighted by atomic mass is 35.5. The molecule has 1 saturated heterocycles. The predicted molar refractivity (Wildman–Crippen MR) is 179 cm³/mol. The lowest BCUT2D eigenvalue weighted by Crippen LogP contribution is -2.56. The molecule has 0 bridgehead atoms. The van der Waals surface area contributed by atoms with Crippen molar-refractivity contribution in [3.8, 4) is 0 Å². The monoisotopic (exact) mass is 625 g/mol. The van der Waals surface area contributed by atoms with Crippen LogP contribution in [-0.2, 0) is 17.6 Å². The van der Waals surface area contributed by atoms with Crippen LogP contribution in [0.1, 0.15) is 34.3 Å². The van der Waals surface area contributed by atoms with Crippen molar-refractivity contribution in [1.82, 2.24) is 20.1 Å². The fourth-order valence-electron chi connectivity index (χ4n) is 6.89. The smallest absolute Gasteiger partial charge is 0.318 e. The number of aromatic nitrogens is 1. The zero-order chi connectivity index (χ0) is 31.5.